The van der Waals surface area contributed by atoms with Crippen LogP contribution in [0.4, 0.5) is 0 Å². The van der Waals surface area contributed by atoms with E-state index in [0.717, 1.165) is 0 Å². The van der Waals surface area contributed by atoms with Crippen LogP contribution < -0.4 is 0 Å². The summed E-state index contributed by atoms with van der Waals surface area (Å²) < 4.78 is 4.01. The Labute approximate surface area is 83.6 Å². The number of thiophene rings is 2. The molecule has 0 saturated carbocycles. The van der Waals surface area contributed by atoms with Gasteiger partial charge in [0.05, 0.1) is 4.21 Å². The number of aryl methyl sites for hydroxylation is 1. The molecule has 0 aliphatic carbocycles. The Morgan fingerprint density at radius 2 is 2.42 bits per heavy atom. The van der Waals surface area contributed by atoms with Crippen molar-refractivity contribution in [1.82, 2.24) is 0 Å². The molecule has 2 rings (SSSR count). The fraction of sp³-hybridized carbons (Fsp3) is 0.111. The van der Waals surface area contributed by atoms with Gasteiger partial charge in [-0.25, -0.2) is 0 Å². The van der Waals surface area contributed by atoms with E-state index in [1.807, 2.05) is 0 Å². The lowest BCUT2D eigenvalue weighted by Gasteiger charge is -1.88. The van der Waals surface area contributed by atoms with Crippen LogP contribution in [0.1, 0.15) is 5.56 Å². The summed E-state index contributed by atoms with van der Waals surface area (Å²) in [5.74, 6) is 0. The Bertz CT molecular complexity index is 442. The van der Waals surface area contributed by atoms with Gasteiger partial charge in [-0.1, -0.05) is 0 Å². The van der Waals surface area contributed by atoms with Gasteiger partial charge in [-0.05, 0) is 40.9 Å². The van der Waals surface area contributed by atoms with Crippen molar-refractivity contribution in [2.75, 3.05) is 0 Å². The Morgan fingerprint density at radius 3 is 3.08 bits per heavy atom. The molecule has 0 aliphatic rings. The van der Waals surface area contributed by atoms with Crippen molar-refractivity contribution < 1.29 is 0 Å². The molecule has 2 aromatic heterocycles. The van der Waals surface area contributed by atoms with Crippen molar-refractivity contribution in [1.29, 1.82) is 0 Å². The quantitative estimate of drug-likeness (QED) is 0.507. The summed E-state index contributed by atoms with van der Waals surface area (Å²) in [5, 5.41) is 4.73. The molecule has 2 heterocycles. The molecule has 0 N–H and O–H groups in total. The maximum absolute atomic E-state index is 5.24. The molecule has 60 valence electrons. The molecule has 0 saturated heterocycles. The number of terminal acetylenes is 1. The highest BCUT2D eigenvalue weighted by Crippen LogP contribution is 2.39. The van der Waals surface area contributed by atoms with Gasteiger partial charge >= 0.3 is 0 Å². The first-order valence-corrected chi connectivity index (χ1v) is 5.93. The first-order valence-electron chi connectivity index (χ1n) is 3.42. The van der Waals surface area contributed by atoms with Crippen LogP contribution in [0.25, 0.3) is 9.40 Å². The van der Waals surface area contributed by atoms with E-state index < -0.39 is 0 Å². The molecule has 0 aliphatic heterocycles. The highest BCUT2D eigenvalue weighted by molar-refractivity contribution is 8.05. The molecule has 0 bridgehead atoms. The monoisotopic (exact) mass is 210 g/mol. The van der Waals surface area contributed by atoms with Crippen molar-refractivity contribution in [2.45, 2.75) is 11.1 Å². The molecule has 2 aromatic rings. The van der Waals surface area contributed by atoms with E-state index in [4.69, 9.17) is 6.42 Å². The highest BCUT2D eigenvalue weighted by Gasteiger charge is 2.08. The molecule has 0 radical (unpaired) electrons. The van der Waals surface area contributed by atoms with Gasteiger partial charge in [0.25, 0.3) is 0 Å². The molecule has 0 atom stereocenters. The predicted molar refractivity (Wildman–Crippen MR) is 59.1 cm³/mol. The van der Waals surface area contributed by atoms with E-state index >= 15 is 0 Å². The minimum absolute atomic E-state index is 1.26. The molecular formula is C9H6S3. The molecule has 12 heavy (non-hydrogen) atoms. The van der Waals surface area contributed by atoms with Crippen LogP contribution in [0.5, 0.6) is 0 Å². The van der Waals surface area contributed by atoms with Gasteiger partial charge in [-0.3, -0.25) is 0 Å². The largest absolute Gasteiger partial charge is 0.143 e. The Balaban J connectivity index is 2.64. The van der Waals surface area contributed by atoms with Crippen LogP contribution in [-0.2, 0) is 0 Å². The van der Waals surface area contributed by atoms with E-state index in [0.29, 0.717) is 0 Å². The normalized spacial score (nSPS) is 10.3. The third-order valence-electron chi connectivity index (χ3n) is 1.63. The summed E-state index contributed by atoms with van der Waals surface area (Å²) in [7, 11) is 0. The number of fused-ring (bicyclic) bond motifs is 1. The topological polar surface area (TPSA) is 0 Å². The van der Waals surface area contributed by atoms with E-state index in [9.17, 15) is 0 Å². The molecule has 0 unspecified atom stereocenters. The van der Waals surface area contributed by atoms with Crippen LogP contribution in [-0.4, -0.2) is 0 Å². The summed E-state index contributed by atoms with van der Waals surface area (Å²) in [5.41, 5.74) is 1.34. The fourth-order valence-corrected chi connectivity index (χ4v) is 4.14. The Hall–Kier alpha value is -0.430. The van der Waals surface area contributed by atoms with Crippen molar-refractivity contribution >= 4 is 43.8 Å². The maximum Gasteiger partial charge on any atom is 0.0776 e. The molecule has 0 spiro atoms. The number of rotatable bonds is 1. The molecule has 0 nitrogen and oxygen atoms in total. The third kappa shape index (κ3) is 1.16. The smallest absolute Gasteiger partial charge is 0.0776 e. The number of thioether (sulfide) groups is 1. The minimum Gasteiger partial charge on any atom is -0.143 e. The van der Waals surface area contributed by atoms with Gasteiger partial charge in [0.2, 0.25) is 0 Å². The zero-order chi connectivity index (χ0) is 8.55. The summed E-state index contributed by atoms with van der Waals surface area (Å²) >= 11 is 5.06. The summed E-state index contributed by atoms with van der Waals surface area (Å²) in [6.45, 7) is 2.13. The van der Waals surface area contributed by atoms with Crippen LogP contribution in [0.3, 0.4) is 0 Å². The first kappa shape index (κ1) is 8.18. The van der Waals surface area contributed by atoms with Gasteiger partial charge in [0.1, 0.15) is 0 Å². The van der Waals surface area contributed by atoms with Crippen LogP contribution in [0.15, 0.2) is 15.7 Å². The molecular weight excluding hydrogens is 204 g/mol. The lowest BCUT2D eigenvalue weighted by Crippen LogP contribution is -1.63. The Morgan fingerprint density at radius 1 is 1.58 bits per heavy atom. The van der Waals surface area contributed by atoms with Crippen molar-refractivity contribution in [2.24, 2.45) is 0 Å². The molecule has 0 aromatic carbocycles. The zero-order valence-corrected chi connectivity index (χ0v) is 8.91. The van der Waals surface area contributed by atoms with Gasteiger partial charge in [-0.15, -0.1) is 29.1 Å². The van der Waals surface area contributed by atoms with E-state index in [1.54, 1.807) is 22.7 Å². The first-order chi connectivity index (χ1) is 5.83. The lowest BCUT2D eigenvalue weighted by molar-refractivity contribution is 1.48. The van der Waals surface area contributed by atoms with Gasteiger partial charge in [-0.2, -0.15) is 0 Å². The lowest BCUT2D eigenvalue weighted by atomic mass is 10.4. The highest BCUT2D eigenvalue weighted by atomic mass is 32.2. The second-order valence-corrected chi connectivity index (χ2v) is 5.42. The van der Waals surface area contributed by atoms with E-state index in [2.05, 4.69) is 23.6 Å². The zero-order valence-electron chi connectivity index (χ0n) is 6.46. The molecule has 3 heteroatoms. The average molecular weight is 210 g/mol. The van der Waals surface area contributed by atoms with E-state index in [1.165, 1.54) is 30.9 Å². The summed E-state index contributed by atoms with van der Waals surface area (Å²) in [6, 6.07) is 2.15. The van der Waals surface area contributed by atoms with E-state index in [-0.39, 0.29) is 0 Å². The predicted octanol–water partition coefficient (Wildman–Crippen LogP) is 3.95. The molecule has 0 fully saturated rings. The van der Waals surface area contributed by atoms with Gasteiger partial charge < -0.3 is 0 Å². The maximum atomic E-state index is 5.24. The molecule has 0 amide bonds. The third-order valence-corrected chi connectivity index (χ3v) is 4.95. The number of hydrogen-bond acceptors (Lipinski definition) is 3. The van der Waals surface area contributed by atoms with Gasteiger partial charge in [0.15, 0.2) is 0 Å². The SMILES string of the molecule is C#CSc1sc2ccsc2c1C. The van der Waals surface area contributed by atoms with Crippen molar-refractivity contribution in [3.8, 4) is 11.7 Å². The van der Waals surface area contributed by atoms with Crippen LogP contribution >= 0.6 is 34.4 Å². The standard InChI is InChI=1S/C9H6S3/c1-3-10-9-6(2)8-7(12-9)4-5-11-8/h1,4-5H,2H3. The average Bonchev–Trinajstić information content (AvgIpc) is 2.58. The summed E-state index contributed by atoms with van der Waals surface area (Å²) in [6.07, 6.45) is 5.24. The Kier molecular flexibility index (Phi) is 2.14. The van der Waals surface area contributed by atoms with Crippen molar-refractivity contribution in [3.05, 3.63) is 17.0 Å². The summed E-state index contributed by atoms with van der Waals surface area (Å²) in [4.78, 5) is 0. The fourth-order valence-electron chi connectivity index (χ4n) is 1.07. The second-order valence-electron chi connectivity index (χ2n) is 2.35. The van der Waals surface area contributed by atoms with Crippen LogP contribution in [0.2, 0.25) is 0 Å². The second kappa shape index (κ2) is 3.14. The van der Waals surface area contributed by atoms with Gasteiger partial charge in [0, 0.05) is 9.40 Å². The number of hydrogen-bond donors (Lipinski definition) is 0. The van der Waals surface area contributed by atoms with Crippen molar-refractivity contribution in [3.63, 3.8) is 0 Å². The minimum atomic E-state index is 1.26. The van der Waals surface area contributed by atoms with Crippen LogP contribution in [0, 0.1) is 18.6 Å².